The van der Waals surface area contributed by atoms with Crippen molar-refractivity contribution in [2.45, 2.75) is 6.54 Å². The number of hydrogen-bond acceptors (Lipinski definition) is 3. The fourth-order valence-electron chi connectivity index (χ4n) is 3.80. The van der Waals surface area contributed by atoms with Crippen molar-refractivity contribution < 1.29 is 14.0 Å². The first-order valence-corrected chi connectivity index (χ1v) is 10.5. The molecule has 1 saturated heterocycles. The Morgan fingerprint density at radius 3 is 2.19 bits per heavy atom. The topological polar surface area (TPSA) is 40.6 Å². The van der Waals surface area contributed by atoms with Crippen LogP contribution in [-0.2, 0) is 6.54 Å². The van der Waals surface area contributed by atoms with Crippen LogP contribution in [0.5, 0.6) is 0 Å². The van der Waals surface area contributed by atoms with E-state index in [9.17, 15) is 14.0 Å². The number of ketones is 1. The average molecular weight is 437 g/mol. The highest BCUT2D eigenvalue weighted by molar-refractivity contribution is 6.30. The van der Waals surface area contributed by atoms with Gasteiger partial charge in [-0.25, -0.2) is 4.39 Å². The van der Waals surface area contributed by atoms with Crippen LogP contribution in [0.4, 0.5) is 4.39 Å². The van der Waals surface area contributed by atoms with Gasteiger partial charge in [0.1, 0.15) is 5.82 Å². The van der Waals surface area contributed by atoms with Crippen LogP contribution in [0.25, 0.3) is 0 Å². The first-order valence-electron chi connectivity index (χ1n) is 10.2. The van der Waals surface area contributed by atoms with E-state index >= 15 is 0 Å². The normalized spacial score (nSPS) is 14.5. The van der Waals surface area contributed by atoms with E-state index in [2.05, 4.69) is 4.90 Å². The minimum absolute atomic E-state index is 0.150. The zero-order valence-corrected chi connectivity index (χ0v) is 17.7. The highest BCUT2D eigenvalue weighted by Crippen LogP contribution is 2.20. The Morgan fingerprint density at radius 1 is 0.839 bits per heavy atom. The number of carbonyl (C=O) groups excluding carboxylic acids is 2. The van der Waals surface area contributed by atoms with Gasteiger partial charge in [-0.2, -0.15) is 0 Å². The zero-order valence-electron chi connectivity index (χ0n) is 16.9. The monoisotopic (exact) mass is 436 g/mol. The van der Waals surface area contributed by atoms with Crippen molar-refractivity contribution >= 4 is 23.3 Å². The summed E-state index contributed by atoms with van der Waals surface area (Å²) in [5.74, 6) is -0.595. The summed E-state index contributed by atoms with van der Waals surface area (Å²) in [4.78, 5) is 30.2. The molecule has 158 valence electrons. The molecule has 0 atom stereocenters. The Morgan fingerprint density at radius 2 is 1.52 bits per heavy atom. The second kappa shape index (κ2) is 9.41. The summed E-state index contributed by atoms with van der Waals surface area (Å²) in [6.07, 6.45) is 0. The molecule has 4 nitrogen and oxygen atoms in total. The fraction of sp³-hybridized carbons (Fsp3) is 0.200. The van der Waals surface area contributed by atoms with Gasteiger partial charge in [0, 0.05) is 48.9 Å². The standard InChI is InChI=1S/C25H22ClFN2O2/c26-20-10-8-19(9-11-20)24(30)22-6-1-2-7-23(22)25(31)29-14-12-28(13-15-29)17-18-4-3-5-21(27)16-18/h1-11,16H,12-15,17H2. The molecule has 0 unspecified atom stereocenters. The molecule has 0 bridgehead atoms. The quantitative estimate of drug-likeness (QED) is 0.546. The molecule has 0 aromatic heterocycles. The first kappa shape index (κ1) is 21.2. The number of rotatable bonds is 5. The molecule has 1 fully saturated rings. The smallest absolute Gasteiger partial charge is 0.254 e. The minimum atomic E-state index is -0.242. The van der Waals surface area contributed by atoms with Gasteiger partial charge in [-0.15, -0.1) is 0 Å². The second-order valence-corrected chi connectivity index (χ2v) is 8.02. The van der Waals surface area contributed by atoms with Gasteiger partial charge in [-0.1, -0.05) is 41.9 Å². The zero-order chi connectivity index (χ0) is 21.8. The number of piperazine rings is 1. The van der Waals surface area contributed by atoms with Crippen LogP contribution >= 0.6 is 11.6 Å². The molecule has 1 heterocycles. The van der Waals surface area contributed by atoms with Gasteiger partial charge in [0.2, 0.25) is 0 Å². The third-order valence-corrected chi connectivity index (χ3v) is 5.72. The number of nitrogens with zero attached hydrogens (tertiary/aromatic N) is 2. The largest absolute Gasteiger partial charge is 0.336 e. The maximum Gasteiger partial charge on any atom is 0.254 e. The molecule has 0 radical (unpaired) electrons. The third-order valence-electron chi connectivity index (χ3n) is 5.46. The lowest BCUT2D eigenvalue weighted by Gasteiger charge is -2.35. The summed E-state index contributed by atoms with van der Waals surface area (Å²) >= 11 is 5.92. The van der Waals surface area contributed by atoms with Gasteiger partial charge in [0.15, 0.2) is 5.78 Å². The summed E-state index contributed by atoms with van der Waals surface area (Å²) in [6.45, 7) is 3.13. The molecule has 1 aliphatic heterocycles. The maximum absolute atomic E-state index is 13.4. The van der Waals surface area contributed by atoms with Crippen LogP contribution in [0.2, 0.25) is 5.02 Å². The second-order valence-electron chi connectivity index (χ2n) is 7.58. The Balaban J connectivity index is 1.45. The molecular weight excluding hydrogens is 415 g/mol. The highest BCUT2D eigenvalue weighted by Gasteiger charge is 2.25. The molecule has 0 aliphatic carbocycles. The molecule has 4 rings (SSSR count). The Bertz CT molecular complexity index is 1090. The molecule has 6 heteroatoms. The van der Waals surface area contributed by atoms with Gasteiger partial charge in [0.05, 0.1) is 5.56 Å². The van der Waals surface area contributed by atoms with E-state index in [-0.39, 0.29) is 17.5 Å². The predicted molar refractivity (Wildman–Crippen MR) is 119 cm³/mol. The van der Waals surface area contributed by atoms with Gasteiger partial charge < -0.3 is 4.90 Å². The highest BCUT2D eigenvalue weighted by atomic mass is 35.5. The van der Waals surface area contributed by atoms with E-state index in [1.165, 1.54) is 12.1 Å². The van der Waals surface area contributed by atoms with Crippen molar-refractivity contribution in [1.82, 2.24) is 9.80 Å². The molecule has 0 spiro atoms. The summed E-state index contributed by atoms with van der Waals surface area (Å²) in [5.41, 5.74) is 2.20. The van der Waals surface area contributed by atoms with Gasteiger partial charge >= 0.3 is 0 Å². The Kier molecular flexibility index (Phi) is 6.44. The van der Waals surface area contributed by atoms with Crippen molar-refractivity contribution in [2.75, 3.05) is 26.2 Å². The number of benzene rings is 3. The van der Waals surface area contributed by atoms with E-state index < -0.39 is 0 Å². The Labute approximate surface area is 185 Å². The molecule has 1 amide bonds. The lowest BCUT2D eigenvalue weighted by molar-refractivity contribution is 0.0625. The minimum Gasteiger partial charge on any atom is -0.336 e. The van der Waals surface area contributed by atoms with Crippen molar-refractivity contribution in [3.63, 3.8) is 0 Å². The number of hydrogen-bond donors (Lipinski definition) is 0. The van der Waals surface area contributed by atoms with E-state index in [0.29, 0.717) is 54.4 Å². The summed E-state index contributed by atoms with van der Waals surface area (Å²) in [5, 5.41) is 0.553. The van der Waals surface area contributed by atoms with E-state index in [4.69, 9.17) is 11.6 Å². The lowest BCUT2D eigenvalue weighted by atomic mass is 9.97. The molecule has 31 heavy (non-hydrogen) atoms. The summed E-state index contributed by atoms with van der Waals surface area (Å²) in [7, 11) is 0. The van der Waals surface area contributed by atoms with Crippen molar-refractivity contribution in [3.8, 4) is 0 Å². The lowest BCUT2D eigenvalue weighted by Crippen LogP contribution is -2.48. The van der Waals surface area contributed by atoms with Gasteiger partial charge in [-0.05, 0) is 48.0 Å². The van der Waals surface area contributed by atoms with Crippen LogP contribution < -0.4 is 0 Å². The number of amides is 1. The first-order chi connectivity index (χ1) is 15.0. The Hall–Kier alpha value is -3.02. The molecular formula is C25H22ClFN2O2. The molecule has 3 aromatic carbocycles. The molecule has 3 aromatic rings. The molecule has 1 aliphatic rings. The van der Waals surface area contributed by atoms with Crippen LogP contribution in [0, 0.1) is 5.82 Å². The van der Waals surface area contributed by atoms with Crippen LogP contribution in [0.15, 0.2) is 72.8 Å². The van der Waals surface area contributed by atoms with Gasteiger partial charge in [0.25, 0.3) is 5.91 Å². The summed E-state index contributed by atoms with van der Waals surface area (Å²) < 4.78 is 13.4. The van der Waals surface area contributed by atoms with Crippen LogP contribution in [0.3, 0.4) is 0 Å². The van der Waals surface area contributed by atoms with E-state index in [1.807, 2.05) is 6.07 Å². The number of halogens is 2. The number of carbonyl (C=O) groups is 2. The fourth-order valence-corrected chi connectivity index (χ4v) is 3.92. The van der Waals surface area contributed by atoms with Gasteiger partial charge in [-0.3, -0.25) is 14.5 Å². The van der Waals surface area contributed by atoms with E-state index in [0.717, 1.165) is 5.56 Å². The molecule has 0 N–H and O–H groups in total. The van der Waals surface area contributed by atoms with E-state index in [1.54, 1.807) is 59.5 Å². The predicted octanol–water partition coefficient (Wildman–Crippen LogP) is 4.67. The van der Waals surface area contributed by atoms with Crippen LogP contribution in [0.1, 0.15) is 31.8 Å². The summed E-state index contributed by atoms with van der Waals surface area (Å²) in [6, 6.07) is 20.2. The van der Waals surface area contributed by atoms with Crippen molar-refractivity contribution in [3.05, 3.63) is 106 Å². The van der Waals surface area contributed by atoms with Crippen LogP contribution in [-0.4, -0.2) is 47.7 Å². The van der Waals surface area contributed by atoms with Crippen molar-refractivity contribution in [2.24, 2.45) is 0 Å². The average Bonchev–Trinajstić information content (AvgIpc) is 2.79. The SMILES string of the molecule is O=C(c1ccc(Cl)cc1)c1ccccc1C(=O)N1CCN(Cc2cccc(F)c2)CC1. The van der Waals surface area contributed by atoms with Crippen molar-refractivity contribution in [1.29, 1.82) is 0 Å². The third kappa shape index (κ3) is 5.01. The maximum atomic E-state index is 13.4. The molecule has 0 saturated carbocycles.